The third kappa shape index (κ3) is 4.04. The molecule has 0 atom stereocenters. The van der Waals surface area contributed by atoms with Crippen LogP contribution in [0.2, 0.25) is 0 Å². The molecule has 1 fully saturated rings. The smallest absolute Gasteiger partial charge is 0.313 e. The van der Waals surface area contributed by atoms with Crippen LogP contribution in [0.3, 0.4) is 0 Å². The minimum absolute atomic E-state index is 0.131. The summed E-state index contributed by atoms with van der Waals surface area (Å²) in [7, 11) is 0. The van der Waals surface area contributed by atoms with Crippen LogP contribution in [0.25, 0.3) is 0 Å². The zero-order valence-corrected chi connectivity index (χ0v) is 12.5. The fourth-order valence-corrected chi connectivity index (χ4v) is 2.54. The van der Waals surface area contributed by atoms with E-state index in [0.29, 0.717) is 18.5 Å². The van der Waals surface area contributed by atoms with Gasteiger partial charge in [-0.2, -0.15) is 0 Å². The van der Waals surface area contributed by atoms with E-state index < -0.39 is 17.4 Å². The van der Waals surface area contributed by atoms with Gasteiger partial charge in [-0.15, -0.1) is 0 Å². The molecule has 0 heterocycles. The Labute approximate surface area is 124 Å². The lowest BCUT2D eigenvalue weighted by atomic mass is 10.0. The third-order valence-corrected chi connectivity index (χ3v) is 4.08. The van der Waals surface area contributed by atoms with E-state index in [1.165, 1.54) is 0 Å². The van der Waals surface area contributed by atoms with E-state index in [-0.39, 0.29) is 6.54 Å². The van der Waals surface area contributed by atoms with E-state index in [2.05, 4.69) is 10.6 Å². The lowest BCUT2D eigenvalue weighted by Crippen LogP contribution is -2.44. The van der Waals surface area contributed by atoms with Crippen molar-refractivity contribution in [1.82, 2.24) is 5.32 Å². The lowest BCUT2D eigenvalue weighted by molar-refractivity contribution is -0.136. The number of rotatable bonds is 3. The quantitative estimate of drug-likeness (QED) is 0.741. The first kappa shape index (κ1) is 15.5. The highest BCUT2D eigenvalue weighted by molar-refractivity contribution is 6.39. The number of anilines is 1. The summed E-state index contributed by atoms with van der Waals surface area (Å²) in [6.45, 7) is 4.06. The molecule has 0 radical (unpaired) electrons. The molecule has 1 aromatic rings. The fourth-order valence-electron chi connectivity index (χ4n) is 2.54. The SMILES string of the molecule is Cc1ccc(NC(=O)C(=O)NCC2(O)CCCC2)cc1C. The topological polar surface area (TPSA) is 78.4 Å². The van der Waals surface area contributed by atoms with Crippen molar-refractivity contribution in [3.05, 3.63) is 29.3 Å². The van der Waals surface area contributed by atoms with Gasteiger partial charge in [-0.3, -0.25) is 9.59 Å². The first-order valence-corrected chi connectivity index (χ1v) is 7.28. The van der Waals surface area contributed by atoms with Gasteiger partial charge < -0.3 is 15.7 Å². The Morgan fingerprint density at radius 1 is 1.14 bits per heavy atom. The predicted octanol–water partition coefficient (Wildman–Crippen LogP) is 1.66. The number of benzene rings is 1. The highest BCUT2D eigenvalue weighted by atomic mass is 16.3. The maximum Gasteiger partial charge on any atom is 0.313 e. The van der Waals surface area contributed by atoms with Gasteiger partial charge in [0, 0.05) is 12.2 Å². The summed E-state index contributed by atoms with van der Waals surface area (Å²) in [5.74, 6) is -1.42. The average molecular weight is 290 g/mol. The van der Waals surface area contributed by atoms with E-state index in [0.717, 1.165) is 24.0 Å². The van der Waals surface area contributed by atoms with Gasteiger partial charge in [-0.05, 0) is 49.9 Å². The first-order chi connectivity index (χ1) is 9.89. The molecular formula is C16H22N2O3. The van der Waals surface area contributed by atoms with Crippen LogP contribution >= 0.6 is 0 Å². The second-order valence-electron chi connectivity index (χ2n) is 5.87. The molecule has 0 spiro atoms. The lowest BCUT2D eigenvalue weighted by Gasteiger charge is -2.22. The van der Waals surface area contributed by atoms with Gasteiger partial charge in [-0.1, -0.05) is 18.9 Å². The van der Waals surface area contributed by atoms with Crippen molar-refractivity contribution < 1.29 is 14.7 Å². The van der Waals surface area contributed by atoms with E-state index >= 15 is 0 Å². The number of carbonyl (C=O) groups excluding carboxylic acids is 2. The standard InChI is InChI=1S/C16H22N2O3/c1-11-5-6-13(9-12(11)2)18-15(20)14(19)17-10-16(21)7-3-4-8-16/h5-6,9,21H,3-4,7-8,10H2,1-2H3,(H,17,19)(H,18,20). The van der Waals surface area contributed by atoms with Crippen LogP contribution in [-0.2, 0) is 9.59 Å². The Kier molecular flexibility index (Phi) is 4.63. The van der Waals surface area contributed by atoms with Gasteiger partial charge in [0.2, 0.25) is 0 Å². The molecule has 1 saturated carbocycles. The van der Waals surface area contributed by atoms with Crippen LogP contribution in [0.4, 0.5) is 5.69 Å². The number of hydrogen-bond donors (Lipinski definition) is 3. The van der Waals surface area contributed by atoms with Gasteiger partial charge in [0.15, 0.2) is 0 Å². The molecule has 2 rings (SSSR count). The van der Waals surface area contributed by atoms with Crippen LogP contribution in [0.15, 0.2) is 18.2 Å². The number of aliphatic hydroxyl groups is 1. The summed E-state index contributed by atoms with van der Waals surface area (Å²) in [6.07, 6.45) is 3.26. The van der Waals surface area contributed by atoms with Gasteiger partial charge in [0.05, 0.1) is 5.60 Å². The van der Waals surface area contributed by atoms with Crippen molar-refractivity contribution in [1.29, 1.82) is 0 Å². The number of nitrogens with one attached hydrogen (secondary N) is 2. The van der Waals surface area contributed by atoms with Gasteiger partial charge in [-0.25, -0.2) is 0 Å². The highest BCUT2D eigenvalue weighted by Gasteiger charge is 2.32. The van der Waals surface area contributed by atoms with Gasteiger partial charge >= 0.3 is 11.8 Å². The van der Waals surface area contributed by atoms with Gasteiger partial charge in [0.1, 0.15) is 0 Å². The van der Waals surface area contributed by atoms with Crippen molar-refractivity contribution in [2.24, 2.45) is 0 Å². The van der Waals surface area contributed by atoms with Crippen molar-refractivity contribution in [3.63, 3.8) is 0 Å². The Morgan fingerprint density at radius 2 is 1.81 bits per heavy atom. The summed E-state index contributed by atoms with van der Waals surface area (Å²) >= 11 is 0. The average Bonchev–Trinajstić information content (AvgIpc) is 2.87. The molecule has 0 aliphatic heterocycles. The second kappa shape index (κ2) is 6.26. The second-order valence-corrected chi connectivity index (χ2v) is 5.87. The number of hydrogen-bond acceptors (Lipinski definition) is 3. The zero-order chi connectivity index (χ0) is 15.5. The fraction of sp³-hybridized carbons (Fsp3) is 0.500. The number of carbonyl (C=O) groups is 2. The molecule has 21 heavy (non-hydrogen) atoms. The molecule has 5 nitrogen and oxygen atoms in total. The molecule has 0 unspecified atom stereocenters. The molecule has 0 aromatic heterocycles. The first-order valence-electron chi connectivity index (χ1n) is 7.28. The van der Waals surface area contributed by atoms with Crippen LogP contribution in [-0.4, -0.2) is 29.1 Å². The van der Waals surface area contributed by atoms with E-state index in [1.54, 1.807) is 6.07 Å². The van der Waals surface area contributed by atoms with Crippen LogP contribution in [0.1, 0.15) is 36.8 Å². The maximum atomic E-state index is 11.8. The molecule has 114 valence electrons. The molecule has 3 N–H and O–H groups in total. The van der Waals surface area contributed by atoms with E-state index in [9.17, 15) is 14.7 Å². The summed E-state index contributed by atoms with van der Waals surface area (Å²) in [6, 6.07) is 5.48. The van der Waals surface area contributed by atoms with Crippen molar-refractivity contribution in [2.45, 2.75) is 45.1 Å². The third-order valence-electron chi connectivity index (χ3n) is 4.08. The van der Waals surface area contributed by atoms with Crippen molar-refractivity contribution in [3.8, 4) is 0 Å². The van der Waals surface area contributed by atoms with Crippen molar-refractivity contribution >= 4 is 17.5 Å². The maximum absolute atomic E-state index is 11.8. The minimum atomic E-state index is -0.851. The van der Waals surface area contributed by atoms with Crippen LogP contribution < -0.4 is 10.6 Å². The summed E-state index contributed by atoms with van der Waals surface area (Å²) in [5, 5.41) is 15.2. The molecule has 1 aliphatic rings. The molecular weight excluding hydrogens is 268 g/mol. The monoisotopic (exact) mass is 290 g/mol. The van der Waals surface area contributed by atoms with Crippen LogP contribution in [0.5, 0.6) is 0 Å². The molecule has 2 amide bonds. The summed E-state index contributed by atoms with van der Waals surface area (Å²) in [5.41, 5.74) is 1.92. The molecule has 1 aromatic carbocycles. The minimum Gasteiger partial charge on any atom is -0.388 e. The van der Waals surface area contributed by atoms with Gasteiger partial charge in [0.25, 0.3) is 0 Å². The zero-order valence-electron chi connectivity index (χ0n) is 12.5. The predicted molar refractivity (Wildman–Crippen MR) is 81.0 cm³/mol. The Morgan fingerprint density at radius 3 is 2.43 bits per heavy atom. The Balaban J connectivity index is 1.87. The Hall–Kier alpha value is -1.88. The summed E-state index contributed by atoms with van der Waals surface area (Å²) in [4.78, 5) is 23.6. The molecule has 5 heteroatoms. The number of aryl methyl sites for hydroxylation is 2. The van der Waals surface area contributed by atoms with Crippen molar-refractivity contribution in [2.75, 3.05) is 11.9 Å². The van der Waals surface area contributed by atoms with E-state index in [4.69, 9.17) is 0 Å². The summed E-state index contributed by atoms with van der Waals surface area (Å²) < 4.78 is 0. The Bertz CT molecular complexity index is 548. The molecule has 1 aliphatic carbocycles. The normalized spacial score (nSPS) is 16.5. The molecule has 0 bridgehead atoms. The molecule has 0 saturated heterocycles. The van der Waals surface area contributed by atoms with E-state index in [1.807, 2.05) is 26.0 Å². The largest absolute Gasteiger partial charge is 0.388 e. The van der Waals surface area contributed by atoms with Crippen LogP contribution in [0, 0.1) is 13.8 Å². The highest BCUT2D eigenvalue weighted by Crippen LogP contribution is 2.28. The number of amides is 2.